The first-order valence-electron chi connectivity index (χ1n) is 24.0. The number of imidazole rings is 1. The van der Waals surface area contributed by atoms with E-state index in [0.29, 0.717) is 33.7 Å². The van der Waals surface area contributed by atoms with Gasteiger partial charge in [-0.15, -0.1) is 0 Å². The number of hydrogen-bond donors (Lipinski definition) is 1. The first kappa shape index (κ1) is 27.4. The second-order valence-electron chi connectivity index (χ2n) is 15.9. The van der Waals surface area contributed by atoms with E-state index < -0.39 is 31.9 Å². The second-order valence-corrected chi connectivity index (χ2v) is 15.9. The smallest absolute Gasteiger partial charge is 0.149 e. The molecule has 0 radical (unpaired) electrons. The van der Waals surface area contributed by atoms with E-state index in [1.807, 2.05) is 86.6 Å². The Labute approximate surface area is 351 Å². The monoisotopic (exact) mass is 755 g/mol. The molecule has 4 nitrogen and oxygen atoms in total. The number of para-hydroxylation sites is 2. The molecule has 0 aliphatic rings. The third-order valence-corrected chi connectivity index (χ3v) is 10.5. The highest BCUT2D eigenvalue weighted by Crippen LogP contribution is 2.41. The van der Waals surface area contributed by atoms with E-state index in [4.69, 9.17) is 23.7 Å². The van der Waals surface area contributed by atoms with Gasteiger partial charge in [0.15, 0.2) is 0 Å². The molecule has 0 amide bonds. The fourth-order valence-electron chi connectivity index (χ4n) is 7.31. The largest absolute Gasteiger partial charge is 0.507 e. The SMILES string of the molecule is [2H]C(C)(C)c1cc(-c2ccccc2)cc(-n2c(-c3ccccc3O)nc3c(-c4cc(-c5cc(-c6ccc(C(C([2H])([2H])[2H])(C([2H])([2H])[2H])C([2H])([2H])[2H])cc6)ccn5)cc(C(C)(C)C)c4)cccc32)c1. The molecule has 0 spiro atoms. The third kappa shape index (κ3) is 7.52. The van der Waals surface area contributed by atoms with Gasteiger partial charge in [-0.1, -0.05) is 146 Å². The summed E-state index contributed by atoms with van der Waals surface area (Å²) in [6.07, 6.45) is 1.66. The quantitative estimate of drug-likeness (QED) is 0.176. The van der Waals surface area contributed by atoms with Crippen LogP contribution in [0.25, 0.3) is 72.7 Å². The molecule has 6 aromatic carbocycles. The Morgan fingerprint density at radius 1 is 0.596 bits per heavy atom. The van der Waals surface area contributed by atoms with Gasteiger partial charge >= 0.3 is 0 Å². The molecule has 0 saturated carbocycles. The van der Waals surface area contributed by atoms with E-state index in [1.54, 1.807) is 36.5 Å². The van der Waals surface area contributed by atoms with Gasteiger partial charge in [0.05, 0.1) is 22.3 Å². The molecular weight excluding hydrogens is 695 g/mol. The maximum absolute atomic E-state index is 11.3. The molecule has 8 aromatic rings. The number of nitrogens with zero attached hydrogens (tertiary/aromatic N) is 3. The molecule has 0 bridgehead atoms. The topological polar surface area (TPSA) is 50.9 Å². The third-order valence-electron chi connectivity index (χ3n) is 10.5. The maximum Gasteiger partial charge on any atom is 0.149 e. The predicted molar refractivity (Wildman–Crippen MR) is 239 cm³/mol. The molecule has 0 saturated heterocycles. The highest BCUT2D eigenvalue weighted by molar-refractivity contribution is 5.97. The molecule has 0 aliphatic heterocycles. The van der Waals surface area contributed by atoms with Gasteiger partial charge in [0.25, 0.3) is 0 Å². The van der Waals surface area contributed by atoms with Crippen LogP contribution in [0.3, 0.4) is 0 Å². The van der Waals surface area contributed by atoms with Gasteiger partial charge in [0, 0.05) is 36.7 Å². The van der Waals surface area contributed by atoms with E-state index >= 15 is 0 Å². The number of fused-ring (bicyclic) bond motifs is 1. The summed E-state index contributed by atoms with van der Waals surface area (Å²) in [6.45, 7) is 0.0400. The Morgan fingerprint density at radius 3 is 2.02 bits per heavy atom. The second kappa shape index (κ2) is 14.7. The van der Waals surface area contributed by atoms with Crippen molar-refractivity contribution in [3.8, 4) is 67.5 Å². The summed E-state index contributed by atoms with van der Waals surface area (Å²) >= 11 is 0. The number of hydrogen-bond acceptors (Lipinski definition) is 3. The fraction of sp³-hybridized carbons (Fsp3) is 0.208. The summed E-state index contributed by atoms with van der Waals surface area (Å²) in [5.41, 5.74) is 7.34. The van der Waals surface area contributed by atoms with Crippen LogP contribution in [0.4, 0.5) is 0 Å². The van der Waals surface area contributed by atoms with Crippen molar-refractivity contribution in [2.75, 3.05) is 0 Å². The number of phenols is 1. The molecule has 2 heterocycles. The van der Waals surface area contributed by atoms with Gasteiger partial charge in [0.1, 0.15) is 11.6 Å². The molecule has 284 valence electrons. The Hall–Kier alpha value is -6.26. The molecule has 0 fully saturated rings. The maximum atomic E-state index is 11.3. The standard InChI is InChI=1S/C53H51N3O/c1-34(2)38-27-39(35-15-10-9-11-16-35)32-44(31-38)56-48-19-14-18-45(50(48)55-51(56)46-17-12-13-20-49(46)57)40-28-41(30-43(29-40)53(6,7)8)47-33-37(25-26-54-47)36-21-23-42(24-22-36)52(3,4)5/h9-34,57H,1-8H3/i3D3,4D3,5D3,34D. The van der Waals surface area contributed by atoms with Crippen molar-refractivity contribution in [3.63, 3.8) is 0 Å². The summed E-state index contributed by atoms with van der Waals surface area (Å²) in [5, 5.41) is 11.3. The zero-order chi connectivity index (χ0) is 48.5. The number of rotatable bonds is 7. The lowest BCUT2D eigenvalue weighted by Crippen LogP contribution is -2.11. The van der Waals surface area contributed by atoms with Crippen LogP contribution in [0.5, 0.6) is 5.75 Å². The van der Waals surface area contributed by atoms with Gasteiger partial charge < -0.3 is 5.11 Å². The molecule has 0 atom stereocenters. The van der Waals surface area contributed by atoms with E-state index in [0.717, 1.165) is 50.1 Å². The Bertz CT molecular complexity index is 3080. The van der Waals surface area contributed by atoms with Crippen LogP contribution in [0.15, 0.2) is 152 Å². The zero-order valence-corrected chi connectivity index (χ0v) is 32.7. The molecule has 2 aromatic heterocycles. The van der Waals surface area contributed by atoms with Crippen molar-refractivity contribution < 1.29 is 18.8 Å². The molecular formula is C53H51N3O. The van der Waals surface area contributed by atoms with Gasteiger partial charge in [-0.2, -0.15) is 0 Å². The first-order chi connectivity index (χ1) is 31.3. The lowest BCUT2D eigenvalue weighted by atomic mass is 9.83. The molecule has 4 heteroatoms. The molecule has 1 N–H and O–H groups in total. The van der Waals surface area contributed by atoms with Gasteiger partial charge in [-0.3, -0.25) is 9.55 Å². The van der Waals surface area contributed by atoms with E-state index in [2.05, 4.69) is 55.7 Å². The van der Waals surface area contributed by atoms with Crippen LogP contribution in [0, 0.1) is 0 Å². The normalized spacial score (nSPS) is 15.5. The fourth-order valence-corrected chi connectivity index (χ4v) is 7.31. The van der Waals surface area contributed by atoms with Gasteiger partial charge in [0.2, 0.25) is 0 Å². The zero-order valence-electron chi connectivity index (χ0n) is 42.7. The van der Waals surface area contributed by atoms with Crippen molar-refractivity contribution in [1.29, 1.82) is 0 Å². The van der Waals surface area contributed by atoms with Crippen molar-refractivity contribution in [2.24, 2.45) is 0 Å². The highest BCUT2D eigenvalue weighted by atomic mass is 16.3. The van der Waals surface area contributed by atoms with Crippen LogP contribution in [-0.4, -0.2) is 19.6 Å². The Balaban J connectivity index is 1.30. The lowest BCUT2D eigenvalue weighted by molar-refractivity contribution is 0.477. The minimum atomic E-state index is -3.37. The predicted octanol–water partition coefficient (Wildman–Crippen LogP) is 14.2. The number of benzene rings is 6. The summed E-state index contributed by atoms with van der Waals surface area (Å²) < 4.78 is 84.6. The van der Waals surface area contributed by atoms with Crippen molar-refractivity contribution in [2.45, 2.75) is 71.9 Å². The van der Waals surface area contributed by atoms with E-state index in [9.17, 15) is 5.11 Å². The summed E-state index contributed by atoms with van der Waals surface area (Å²) in [5.74, 6) is -0.329. The molecule has 8 rings (SSSR count). The van der Waals surface area contributed by atoms with E-state index in [1.165, 1.54) is 12.1 Å². The number of pyridine rings is 1. The van der Waals surface area contributed by atoms with E-state index in [-0.39, 0.29) is 16.7 Å². The summed E-state index contributed by atoms with van der Waals surface area (Å²) in [7, 11) is 0. The van der Waals surface area contributed by atoms with Crippen LogP contribution >= 0.6 is 0 Å². The van der Waals surface area contributed by atoms with Crippen LogP contribution in [0.2, 0.25) is 0 Å². The minimum Gasteiger partial charge on any atom is -0.507 e. The number of phenolic OH excluding ortho intramolecular Hbond substituents is 1. The minimum absolute atomic E-state index is 0.0737. The molecule has 0 aliphatic carbocycles. The van der Waals surface area contributed by atoms with Crippen molar-refractivity contribution in [1.82, 2.24) is 14.5 Å². The van der Waals surface area contributed by atoms with Gasteiger partial charge in [-0.25, -0.2) is 4.98 Å². The Morgan fingerprint density at radius 2 is 1.30 bits per heavy atom. The van der Waals surface area contributed by atoms with Crippen LogP contribution in [0.1, 0.15) is 91.5 Å². The molecule has 0 unspecified atom stereocenters. The van der Waals surface area contributed by atoms with Crippen molar-refractivity contribution in [3.05, 3.63) is 168 Å². The van der Waals surface area contributed by atoms with Crippen LogP contribution in [-0.2, 0) is 10.8 Å². The average Bonchev–Trinajstić information content (AvgIpc) is 3.65. The summed E-state index contributed by atoms with van der Waals surface area (Å²) in [6, 6.07) is 45.0. The summed E-state index contributed by atoms with van der Waals surface area (Å²) in [4.78, 5) is 10.1. The molecule has 57 heavy (non-hydrogen) atoms. The lowest BCUT2D eigenvalue weighted by Gasteiger charge is -2.22. The number of aromatic hydroxyl groups is 1. The number of aromatic nitrogens is 3. The Kier molecular flexibility index (Phi) is 7.04. The first-order valence-corrected chi connectivity index (χ1v) is 19.0. The van der Waals surface area contributed by atoms with Crippen molar-refractivity contribution >= 4 is 11.0 Å². The average molecular weight is 756 g/mol. The van der Waals surface area contributed by atoms with Crippen LogP contribution < -0.4 is 0 Å². The van der Waals surface area contributed by atoms with Gasteiger partial charge in [-0.05, 0) is 116 Å². The highest BCUT2D eigenvalue weighted by Gasteiger charge is 2.23.